The van der Waals surface area contributed by atoms with E-state index in [1.807, 2.05) is 12.1 Å². The smallest absolute Gasteiger partial charge is 0.308 e. The van der Waals surface area contributed by atoms with Crippen molar-refractivity contribution >= 4 is 11.9 Å². The van der Waals surface area contributed by atoms with E-state index < -0.39 is 0 Å². The molecular weight excluding hydrogens is 356 g/mol. The summed E-state index contributed by atoms with van der Waals surface area (Å²) in [5.41, 5.74) is 2.70. The van der Waals surface area contributed by atoms with E-state index in [-0.39, 0.29) is 23.5 Å². The van der Waals surface area contributed by atoms with E-state index >= 15 is 0 Å². The summed E-state index contributed by atoms with van der Waals surface area (Å²) >= 11 is 0. The molecule has 0 unspecified atom stereocenters. The van der Waals surface area contributed by atoms with E-state index in [0.29, 0.717) is 29.3 Å². The van der Waals surface area contributed by atoms with Crippen LogP contribution in [0.2, 0.25) is 0 Å². The molecule has 152 valence electrons. The number of hydrogen-bond acceptors (Lipinski definition) is 5. The van der Waals surface area contributed by atoms with Crippen LogP contribution in [-0.4, -0.2) is 25.2 Å². The van der Waals surface area contributed by atoms with Gasteiger partial charge in [-0.25, -0.2) is 0 Å². The van der Waals surface area contributed by atoms with Gasteiger partial charge < -0.3 is 14.2 Å². The molecule has 0 aliphatic heterocycles. The van der Waals surface area contributed by atoms with Crippen molar-refractivity contribution in [1.82, 2.24) is 0 Å². The Balaban J connectivity index is 1.65. The fourth-order valence-electron chi connectivity index (χ4n) is 6.32. The van der Waals surface area contributed by atoms with Crippen LogP contribution in [0.1, 0.15) is 69.9 Å². The van der Waals surface area contributed by atoms with E-state index in [1.54, 1.807) is 7.11 Å². The molecule has 0 spiro atoms. The third kappa shape index (κ3) is 3.09. The molecule has 3 aliphatic carbocycles. The molecule has 0 aromatic heterocycles. The zero-order valence-electron chi connectivity index (χ0n) is 17.2. The molecule has 1 aromatic rings. The molecule has 28 heavy (non-hydrogen) atoms. The largest absolute Gasteiger partial charge is 0.493 e. The van der Waals surface area contributed by atoms with Crippen molar-refractivity contribution in [1.29, 1.82) is 0 Å². The number of ether oxygens (including phenoxy) is 3. The number of aryl methyl sites for hydroxylation is 1. The predicted octanol–water partition coefficient (Wildman–Crippen LogP) is 4.41. The van der Waals surface area contributed by atoms with Gasteiger partial charge in [0.05, 0.1) is 7.11 Å². The van der Waals surface area contributed by atoms with Gasteiger partial charge >= 0.3 is 11.9 Å². The topological polar surface area (TPSA) is 61.8 Å². The Morgan fingerprint density at radius 1 is 1.04 bits per heavy atom. The molecule has 4 rings (SSSR count). The van der Waals surface area contributed by atoms with Gasteiger partial charge in [-0.15, -0.1) is 0 Å². The molecule has 0 bridgehead atoms. The van der Waals surface area contributed by atoms with Crippen molar-refractivity contribution < 1.29 is 23.8 Å². The van der Waals surface area contributed by atoms with Crippen molar-refractivity contribution in [3.8, 4) is 11.5 Å². The summed E-state index contributed by atoms with van der Waals surface area (Å²) in [6, 6.07) is 4.08. The summed E-state index contributed by atoms with van der Waals surface area (Å²) in [4.78, 5) is 23.1. The van der Waals surface area contributed by atoms with Crippen LogP contribution in [0.3, 0.4) is 0 Å². The molecule has 1 aromatic carbocycles. The fraction of sp³-hybridized carbons (Fsp3) is 0.652. The third-order valence-corrected chi connectivity index (χ3v) is 7.48. The van der Waals surface area contributed by atoms with Gasteiger partial charge in [0.25, 0.3) is 0 Å². The molecular formula is C23H30O5. The first kappa shape index (κ1) is 19.3. The maximum absolute atomic E-state index is 11.6. The maximum atomic E-state index is 11.6. The van der Waals surface area contributed by atoms with E-state index in [9.17, 15) is 9.59 Å². The first-order chi connectivity index (χ1) is 13.3. The Hall–Kier alpha value is -2.04. The Labute approximate surface area is 166 Å². The predicted molar refractivity (Wildman–Crippen MR) is 104 cm³/mol. The number of benzene rings is 1. The standard InChI is InChI=1S/C23H30O5/c1-13(24)27-21-12-18-15(11-20(21)26-4)5-6-17-16(18)9-10-23(3)19(17)7-8-22(23)28-14(2)25/h11-12,16-17,19,22H,5-10H2,1-4H3/t16-,17+,19-,22-,23-/m0/s1. The summed E-state index contributed by atoms with van der Waals surface area (Å²) in [6.07, 6.45) is 6.44. The number of carbonyl (C=O) groups is 2. The molecule has 5 nitrogen and oxygen atoms in total. The minimum atomic E-state index is -0.332. The molecule has 5 atom stereocenters. The first-order valence-corrected chi connectivity index (χ1v) is 10.4. The number of esters is 2. The van der Waals surface area contributed by atoms with Crippen LogP contribution < -0.4 is 9.47 Å². The van der Waals surface area contributed by atoms with Gasteiger partial charge in [-0.2, -0.15) is 0 Å². The van der Waals surface area contributed by atoms with Crippen LogP contribution in [-0.2, 0) is 20.7 Å². The summed E-state index contributed by atoms with van der Waals surface area (Å²) in [6.45, 7) is 5.26. The second-order valence-electron chi connectivity index (χ2n) is 8.93. The third-order valence-electron chi connectivity index (χ3n) is 7.48. The van der Waals surface area contributed by atoms with Crippen molar-refractivity contribution in [3.63, 3.8) is 0 Å². The van der Waals surface area contributed by atoms with Gasteiger partial charge in [0.1, 0.15) is 6.10 Å². The van der Waals surface area contributed by atoms with Gasteiger partial charge in [-0.1, -0.05) is 6.92 Å². The summed E-state index contributed by atoms with van der Waals surface area (Å²) in [5.74, 6) is 2.28. The highest BCUT2D eigenvalue weighted by Crippen LogP contribution is 2.62. The van der Waals surface area contributed by atoms with Crippen LogP contribution in [0.15, 0.2) is 12.1 Å². The second-order valence-corrected chi connectivity index (χ2v) is 8.93. The van der Waals surface area contributed by atoms with Gasteiger partial charge in [-0.3, -0.25) is 9.59 Å². The van der Waals surface area contributed by atoms with Gasteiger partial charge in [-0.05, 0) is 79.5 Å². The van der Waals surface area contributed by atoms with E-state index in [4.69, 9.17) is 14.2 Å². The minimum Gasteiger partial charge on any atom is -0.493 e. The zero-order valence-corrected chi connectivity index (χ0v) is 17.2. The zero-order chi connectivity index (χ0) is 20.1. The molecule has 2 fully saturated rings. The fourth-order valence-corrected chi connectivity index (χ4v) is 6.32. The lowest BCUT2D eigenvalue weighted by Gasteiger charge is -2.50. The van der Waals surface area contributed by atoms with Crippen LogP contribution in [0.25, 0.3) is 0 Å². The highest BCUT2D eigenvalue weighted by atomic mass is 16.6. The number of rotatable bonds is 3. The average molecular weight is 386 g/mol. The second kappa shape index (κ2) is 7.09. The van der Waals surface area contributed by atoms with Crippen LogP contribution in [0.4, 0.5) is 0 Å². The van der Waals surface area contributed by atoms with Crippen LogP contribution in [0, 0.1) is 17.3 Å². The SMILES string of the molecule is COc1cc2c(cc1OC(C)=O)[C@H]1CC[C@]3(C)[C@@H](OC(C)=O)CC[C@H]3[C@@H]1CC2. The number of methoxy groups -OCH3 is 1. The number of hydrogen-bond donors (Lipinski definition) is 0. The van der Waals surface area contributed by atoms with Crippen molar-refractivity contribution in [2.75, 3.05) is 7.11 Å². The summed E-state index contributed by atoms with van der Waals surface area (Å²) in [5, 5.41) is 0. The van der Waals surface area contributed by atoms with Crippen molar-refractivity contribution in [2.24, 2.45) is 17.3 Å². The molecule has 0 radical (unpaired) electrons. The molecule has 5 heteroatoms. The Bertz CT molecular complexity index is 800. The Kier molecular flexibility index (Phi) is 4.88. The monoisotopic (exact) mass is 386 g/mol. The van der Waals surface area contributed by atoms with E-state index in [0.717, 1.165) is 38.5 Å². The Morgan fingerprint density at radius 3 is 2.50 bits per heavy atom. The summed E-state index contributed by atoms with van der Waals surface area (Å²) < 4.78 is 16.6. The van der Waals surface area contributed by atoms with Crippen molar-refractivity contribution in [2.45, 2.75) is 71.3 Å². The van der Waals surface area contributed by atoms with Gasteiger partial charge in [0, 0.05) is 19.3 Å². The van der Waals surface area contributed by atoms with E-state index in [1.165, 1.54) is 25.0 Å². The summed E-state index contributed by atoms with van der Waals surface area (Å²) in [7, 11) is 1.61. The quantitative estimate of drug-likeness (QED) is 0.569. The molecule has 0 amide bonds. The average Bonchev–Trinajstić information content (AvgIpc) is 2.96. The first-order valence-electron chi connectivity index (χ1n) is 10.4. The lowest BCUT2D eigenvalue weighted by Crippen LogP contribution is -2.45. The molecule has 3 aliphatic rings. The highest BCUT2D eigenvalue weighted by molar-refractivity contribution is 5.71. The molecule has 2 saturated carbocycles. The van der Waals surface area contributed by atoms with Crippen molar-refractivity contribution in [3.05, 3.63) is 23.3 Å². The van der Waals surface area contributed by atoms with Crippen LogP contribution in [0.5, 0.6) is 11.5 Å². The number of fused-ring (bicyclic) bond motifs is 5. The van der Waals surface area contributed by atoms with Gasteiger partial charge in [0.15, 0.2) is 11.5 Å². The van der Waals surface area contributed by atoms with Crippen LogP contribution >= 0.6 is 0 Å². The van der Waals surface area contributed by atoms with Gasteiger partial charge in [0.2, 0.25) is 0 Å². The molecule has 0 heterocycles. The maximum Gasteiger partial charge on any atom is 0.308 e. The minimum absolute atomic E-state index is 0.0461. The molecule has 0 saturated heterocycles. The normalized spacial score (nSPS) is 33.3. The lowest BCUT2D eigenvalue weighted by molar-refractivity contribution is -0.154. The van der Waals surface area contributed by atoms with E-state index in [2.05, 4.69) is 6.92 Å². The highest BCUT2D eigenvalue weighted by Gasteiger charge is 2.56. The lowest BCUT2D eigenvalue weighted by atomic mass is 9.55. The molecule has 0 N–H and O–H groups in total. The Morgan fingerprint density at radius 2 is 1.82 bits per heavy atom. The number of carbonyl (C=O) groups excluding carboxylic acids is 2.